The van der Waals surface area contributed by atoms with Crippen molar-refractivity contribution in [1.29, 1.82) is 0 Å². The van der Waals surface area contributed by atoms with E-state index in [1.807, 2.05) is 0 Å². The number of halogens is 2. The number of benzene rings is 1. The molecular formula is C17H14ClFN2O3. The minimum absolute atomic E-state index is 0.0226. The van der Waals surface area contributed by atoms with Gasteiger partial charge in [0.15, 0.2) is 0 Å². The van der Waals surface area contributed by atoms with Crippen molar-refractivity contribution in [3.8, 4) is 11.1 Å². The predicted octanol–water partition coefficient (Wildman–Crippen LogP) is 3.45. The third-order valence-electron chi connectivity index (χ3n) is 3.90. The first-order valence-electron chi connectivity index (χ1n) is 7.35. The zero-order valence-electron chi connectivity index (χ0n) is 12.9. The summed E-state index contributed by atoms with van der Waals surface area (Å²) in [5.74, 6) is -1.21. The zero-order valence-corrected chi connectivity index (χ0v) is 13.6. The van der Waals surface area contributed by atoms with Crippen molar-refractivity contribution in [2.24, 2.45) is 0 Å². The maximum Gasteiger partial charge on any atom is 0.338 e. The number of hydrogen-bond donors (Lipinski definition) is 0. The molecule has 0 N–H and O–H groups in total. The quantitative estimate of drug-likeness (QED) is 0.629. The number of carbonyl (C=O) groups excluding carboxylic acids is 2. The Bertz CT molecular complexity index is 825. The summed E-state index contributed by atoms with van der Waals surface area (Å²) >= 11 is 5.82. The summed E-state index contributed by atoms with van der Waals surface area (Å²) in [5.41, 5.74) is 1.10. The summed E-state index contributed by atoms with van der Waals surface area (Å²) in [4.78, 5) is 29.1. The molecule has 1 amide bonds. The highest BCUT2D eigenvalue weighted by atomic mass is 35.5. The van der Waals surface area contributed by atoms with Crippen LogP contribution >= 0.6 is 11.6 Å². The highest BCUT2D eigenvalue weighted by Crippen LogP contribution is 2.31. The molecule has 0 unspecified atom stereocenters. The van der Waals surface area contributed by atoms with Gasteiger partial charge in [0, 0.05) is 36.0 Å². The van der Waals surface area contributed by atoms with Crippen LogP contribution in [0.2, 0.25) is 5.15 Å². The Morgan fingerprint density at radius 1 is 1.33 bits per heavy atom. The molecule has 0 bridgehead atoms. The Balaban J connectivity index is 2.04. The molecule has 0 radical (unpaired) electrons. The molecule has 124 valence electrons. The van der Waals surface area contributed by atoms with Gasteiger partial charge in [0.2, 0.25) is 5.91 Å². The molecule has 0 atom stereocenters. The van der Waals surface area contributed by atoms with Crippen LogP contribution in [0, 0.1) is 5.82 Å². The second kappa shape index (κ2) is 6.57. The Labute approximate surface area is 143 Å². The minimum atomic E-state index is -0.632. The van der Waals surface area contributed by atoms with E-state index in [9.17, 15) is 14.0 Å². The van der Waals surface area contributed by atoms with E-state index in [-0.39, 0.29) is 27.8 Å². The fraction of sp³-hybridized carbons (Fsp3) is 0.235. The second-order valence-electron chi connectivity index (χ2n) is 5.36. The van der Waals surface area contributed by atoms with E-state index < -0.39 is 11.8 Å². The standard InChI is InChI=1S/C17H14ClFN2O3/c1-24-17(23)12-8-15(18)20-9-13(12)11-5-4-10(7-14(11)19)21-6-2-3-16(21)22/h4-5,7-9H,2-3,6H2,1H3. The first kappa shape index (κ1) is 16.4. The third kappa shape index (κ3) is 2.97. The van der Waals surface area contributed by atoms with Gasteiger partial charge in [-0.25, -0.2) is 14.2 Å². The van der Waals surface area contributed by atoms with Gasteiger partial charge < -0.3 is 9.64 Å². The molecule has 3 rings (SSSR count). The first-order valence-corrected chi connectivity index (χ1v) is 7.73. The first-order chi connectivity index (χ1) is 11.5. The molecule has 0 aliphatic carbocycles. The lowest BCUT2D eigenvalue weighted by molar-refractivity contribution is -0.117. The van der Waals surface area contributed by atoms with Crippen LogP contribution in [-0.4, -0.2) is 30.5 Å². The Morgan fingerprint density at radius 3 is 2.75 bits per heavy atom. The number of nitrogens with zero attached hydrogens (tertiary/aromatic N) is 2. The predicted molar refractivity (Wildman–Crippen MR) is 87.6 cm³/mol. The highest BCUT2D eigenvalue weighted by Gasteiger charge is 2.23. The number of pyridine rings is 1. The molecule has 1 aromatic carbocycles. The van der Waals surface area contributed by atoms with Crippen molar-refractivity contribution in [2.75, 3.05) is 18.6 Å². The van der Waals surface area contributed by atoms with Crippen LogP contribution in [0.4, 0.5) is 10.1 Å². The Hall–Kier alpha value is -2.47. The Morgan fingerprint density at radius 2 is 2.12 bits per heavy atom. The van der Waals surface area contributed by atoms with Gasteiger partial charge in [0.25, 0.3) is 0 Å². The molecule has 2 heterocycles. The number of carbonyl (C=O) groups is 2. The molecule has 1 saturated heterocycles. The number of aromatic nitrogens is 1. The van der Waals surface area contributed by atoms with Crippen LogP contribution in [0.15, 0.2) is 30.5 Å². The van der Waals surface area contributed by atoms with Gasteiger partial charge >= 0.3 is 5.97 Å². The molecule has 1 aromatic heterocycles. The number of amides is 1. The number of ether oxygens (including phenoxy) is 1. The maximum absolute atomic E-state index is 14.6. The van der Waals surface area contributed by atoms with Gasteiger partial charge in [-0.3, -0.25) is 4.79 Å². The van der Waals surface area contributed by atoms with E-state index in [1.165, 1.54) is 31.5 Å². The molecule has 0 saturated carbocycles. The zero-order chi connectivity index (χ0) is 17.3. The molecule has 24 heavy (non-hydrogen) atoms. The van der Waals surface area contributed by atoms with Gasteiger partial charge in [0.1, 0.15) is 11.0 Å². The minimum Gasteiger partial charge on any atom is -0.465 e. The summed E-state index contributed by atoms with van der Waals surface area (Å²) in [7, 11) is 1.24. The molecule has 5 nitrogen and oxygen atoms in total. The number of rotatable bonds is 3. The topological polar surface area (TPSA) is 59.5 Å². The molecule has 1 fully saturated rings. The SMILES string of the molecule is COC(=O)c1cc(Cl)ncc1-c1ccc(N2CCCC2=O)cc1F. The van der Waals surface area contributed by atoms with Crippen LogP contribution in [0.5, 0.6) is 0 Å². The Kier molecular flexibility index (Phi) is 4.49. The lowest BCUT2D eigenvalue weighted by Gasteiger charge is -2.17. The van der Waals surface area contributed by atoms with E-state index in [2.05, 4.69) is 4.98 Å². The fourth-order valence-electron chi connectivity index (χ4n) is 2.73. The van der Waals surface area contributed by atoms with Gasteiger partial charge in [-0.1, -0.05) is 11.6 Å². The fourth-order valence-corrected chi connectivity index (χ4v) is 2.89. The van der Waals surface area contributed by atoms with Crippen molar-refractivity contribution in [1.82, 2.24) is 4.98 Å². The number of methoxy groups -OCH3 is 1. The lowest BCUT2D eigenvalue weighted by atomic mass is 10.0. The van der Waals surface area contributed by atoms with Gasteiger partial charge in [-0.2, -0.15) is 0 Å². The molecule has 1 aliphatic rings. The van der Waals surface area contributed by atoms with Crippen LogP contribution in [0.25, 0.3) is 11.1 Å². The van der Waals surface area contributed by atoms with Crippen LogP contribution in [-0.2, 0) is 9.53 Å². The molecule has 1 aliphatic heterocycles. The molecule has 0 spiro atoms. The van der Waals surface area contributed by atoms with E-state index in [1.54, 1.807) is 11.0 Å². The maximum atomic E-state index is 14.6. The molecule has 7 heteroatoms. The van der Waals surface area contributed by atoms with E-state index in [0.717, 1.165) is 6.42 Å². The number of hydrogen-bond acceptors (Lipinski definition) is 4. The largest absolute Gasteiger partial charge is 0.465 e. The lowest BCUT2D eigenvalue weighted by Crippen LogP contribution is -2.23. The van der Waals surface area contributed by atoms with Crippen LogP contribution < -0.4 is 4.90 Å². The summed E-state index contributed by atoms with van der Waals surface area (Å²) < 4.78 is 19.3. The average molecular weight is 349 g/mol. The smallest absolute Gasteiger partial charge is 0.338 e. The highest BCUT2D eigenvalue weighted by molar-refractivity contribution is 6.29. The van der Waals surface area contributed by atoms with Gasteiger partial charge in [-0.05, 0) is 30.7 Å². The molecular weight excluding hydrogens is 335 g/mol. The summed E-state index contributed by atoms with van der Waals surface area (Å²) in [5, 5.41) is 0.110. The monoisotopic (exact) mass is 348 g/mol. The number of anilines is 1. The van der Waals surface area contributed by atoms with E-state index >= 15 is 0 Å². The van der Waals surface area contributed by atoms with Crippen molar-refractivity contribution in [3.63, 3.8) is 0 Å². The number of esters is 1. The summed E-state index contributed by atoms with van der Waals surface area (Å²) in [6.07, 6.45) is 2.56. The van der Waals surface area contributed by atoms with E-state index in [4.69, 9.17) is 16.3 Å². The van der Waals surface area contributed by atoms with Gasteiger partial charge in [-0.15, -0.1) is 0 Å². The van der Waals surface area contributed by atoms with Crippen molar-refractivity contribution >= 4 is 29.2 Å². The van der Waals surface area contributed by atoms with Gasteiger partial charge in [0.05, 0.1) is 12.7 Å². The summed E-state index contributed by atoms with van der Waals surface area (Å²) in [6.45, 7) is 0.577. The average Bonchev–Trinajstić information content (AvgIpc) is 3.00. The van der Waals surface area contributed by atoms with Crippen molar-refractivity contribution < 1.29 is 18.7 Å². The third-order valence-corrected chi connectivity index (χ3v) is 4.11. The second-order valence-corrected chi connectivity index (χ2v) is 5.74. The van der Waals surface area contributed by atoms with E-state index in [0.29, 0.717) is 18.7 Å². The van der Waals surface area contributed by atoms with Crippen LogP contribution in [0.3, 0.4) is 0 Å². The normalized spacial score (nSPS) is 14.1. The molecule has 2 aromatic rings. The van der Waals surface area contributed by atoms with Crippen molar-refractivity contribution in [3.05, 3.63) is 47.0 Å². The summed E-state index contributed by atoms with van der Waals surface area (Å²) in [6, 6.07) is 5.79. The van der Waals surface area contributed by atoms with Crippen LogP contribution in [0.1, 0.15) is 23.2 Å². The van der Waals surface area contributed by atoms with Crippen molar-refractivity contribution in [2.45, 2.75) is 12.8 Å².